The highest BCUT2D eigenvalue weighted by atomic mass is 16.5. The highest BCUT2D eigenvalue weighted by Gasteiger charge is 2.22. The number of fused-ring (bicyclic) bond motifs is 2. The summed E-state index contributed by atoms with van der Waals surface area (Å²) in [5.74, 6) is 1.66. The lowest BCUT2D eigenvalue weighted by Crippen LogP contribution is -2.22. The molecule has 146 valence electrons. The van der Waals surface area contributed by atoms with Gasteiger partial charge < -0.3 is 14.5 Å². The summed E-state index contributed by atoms with van der Waals surface area (Å²) in [6.07, 6.45) is 7.19. The van der Waals surface area contributed by atoms with Gasteiger partial charge in [-0.15, -0.1) is 0 Å². The second kappa shape index (κ2) is 8.61. The predicted molar refractivity (Wildman–Crippen MR) is 112 cm³/mol. The number of hydrogen-bond acceptors (Lipinski definition) is 4. The summed E-state index contributed by atoms with van der Waals surface area (Å²) < 4.78 is 10.5. The molecule has 3 aromatic rings. The number of methoxy groups -OCH3 is 1. The molecule has 0 aliphatic heterocycles. The van der Waals surface area contributed by atoms with Crippen LogP contribution in [-0.4, -0.2) is 20.2 Å². The van der Waals surface area contributed by atoms with E-state index in [4.69, 9.17) is 9.15 Å². The zero-order valence-electron chi connectivity index (χ0n) is 16.4. The van der Waals surface area contributed by atoms with E-state index in [1.165, 1.54) is 35.8 Å². The zero-order chi connectivity index (χ0) is 19.3. The van der Waals surface area contributed by atoms with Crippen molar-refractivity contribution in [2.75, 3.05) is 20.2 Å². The highest BCUT2D eigenvalue weighted by Crippen LogP contribution is 2.38. The van der Waals surface area contributed by atoms with E-state index >= 15 is 0 Å². The minimum Gasteiger partial charge on any atom is -0.496 e. The van der Waals surface area contributed by atoms with Crippen LogP contribution in [0.2, 0.25) is 0 Å². The van der Waals surface area contributed by atoms with Crippen molar-refractivity contribution in [2.24, 2.45) is 0 Å². The standard InChI is InChI=1S/C24H27NO3/c1-27-23-7-3-5-20-18(4-2-6-22(20)23)11-14-25-13-10-17-8-9-21-19(16-17)12-15-28-24(21)26/h3,5,7-9,12,15-16,18,25H,2,4,6,10-11,13-14H2,1H3. The number of hydrogen-bond donors (Lipinski definition) is 1. The van der Waals surface area contributed by atoms with E-state index in [1.807, 2.05) is 18.2 Å². The molecule has 28 heavy (non-hydrogen) atoms. The first-order valence-corrected chi connectivity index (χ1v) is 10.1. The van der Waals surface area contributed by atoms with Gasteiger partial charge in [0.05, 0.1) is 18.8 Å². The summed E-state index contributed by atoms with van der Waals surface area (Å²) in [7, 11) is 1.76. The summed E-state index contributed by atoms with van der Waals surface area (Å²) in [4.78, 5) is 11.7. The molecule has 4 nitrogen and oxygen atoms in total. The Bertz CT molecular complexity index is 1010. The lowest BCUT2D eigenvalue weighted by Gasteiger charge is -2.27. The molecule has 1 aromatic heterocycles. The topological polar surface area (TPSA) is 51.5 Å². The van der Waals surface area contributed by atoms with E-state index in [0.717, 1.165) is 43.5 Å². The second-order valence-corrected chi connectivity index (χ2v) is 7.54. The molecule has 1 N–H and O–H groups in total. The molecule has 1 aliphatic rings. The number of nitrogens with one attached hydrogen (secondary N) is 1. The maximum absolute atomic E-state index is 11.7. The Morgan fingerprint density at radius 3 is 3.00 bits per heavy atom. The molecule has 0 spiro atoms. The predicted octanol–water partition coefficient (Wildman–Crippen LogP) is 4.44. The van der Waals surface area contributed by atoms with E-state index in [2.05, 4.69) is 29.6 Å². The first-order chi connectivity index (χ1) is 13.8. The summed E-state index contributed by atoms with van der Waals surface area (Å²) >= 11 is 0. The lowest BCUT2D eigenvalue weighted by molar-refractivity contribution is 0.401. The van der Waals surface area contributed by atoms with E-state index in [1.54, 1.807) is 7.11 Å². The van der Waals surface area contributed by atoms with Crippen LogP contribution in [0.3, 0.4) is 0 Å². The molecule has 0 radical (unpaired) electrons. The monoisotopic (exact) mass is 377 g/mol. The third-order valence-corrected chi connectivity index (χ3v) is 5.83. The van der Waals surface area contributed by atoms with Crippen LogP contribution < -0.4 is 15.7 Å². The molecular weight excluding hydrogens is 350 g/mol. The van der Waals surface area contributed by atoms with Gasteiger partial charge in [-0.05, 0) is 91.4 Å². The Morgan fingerprint density at radius 1 is 1.18 bits per heavy atom. The maximum Gasteiger partial charge on any atom is 0.343 e. The average molecular weight is 377 g/mol. The van der Waals surface area contributed by atoms with Crippen molar-refractivity contribution in [1.29, 1.82) is 0 Å². The van der Waals surface area contributed by atoms with Crippen LogP contribution >= 0.6 is 0 Å². The molecule has 0 bridgehead atoms. The molecule has 1 atom stereocenters. The maximum atomic E-state index is 11.7. The van der Waals surface area contributed by atoms with Crippen molar-refractivity contribution in [1.82, 2.24) is 5.32 Å². The van der Waals surface area contributed by atoms with Crippen molar-refractivity contribution >= 4 is 10.8 Å². The van der Waals surface area contributed by atoms with Crippen LogP contribution in [0.15, 0.2) is 57.9 Å². The van der Waals surface area contributed by atoms with Crippen molar-refractivity contribution in [2.45, 2.75) is 38.0 Å². The van der Waals surface area contributed by atoms with E-state index in [0.29, 0.717) is 11.3 Å². The van der Waals surface area contributed by atoms with E-state index < -0.39 is 0 Å². The fourth-order valence-corrected chi connectivity index (χ4v) is 4.36. The van der Waals surface area contributed by atoms with Gasteiger partial charge in [0.2, 0.25) is 0 Å². The summed E-state index contributed by atoms with van der Waals surface area (Å²) in [5.41, 5.74) is 3.84. The molecule has 0 saturated carbocycles. The van der Waals surface area contributed by atoms with Gasteiger partial charge in [-0.25, -0.2) is 4.79 Å². The lowest BCUT2D eigenvalue weighted by atomic mass is 9.80. The van der Waals surface area contributed by atoms with E-state index in [-0.39, 0.29) is 5.63 Å². The van der Waals surface area contributed by atoms with Gasteiger partial charge in [0.15, 0.2) is 0 Å². The molecule has 1 unspecified atom stereocenters. The van der Waals surface area contributed by atoms with Crippen molar-refractivity contribution in [3.8, 4) is 5.75 Å². The summed E-state index contributed by atoms with van der Waals surface area (Å²) in [6, 6.07) is 14.3. The Hall–Kier alpha value is -2.59. The molecule has 1 aliphatic carbocycles. The quantitative estimate of drug-likeness (QED) is 0.618. The Morgan fingerprint density at radius 2 is 2.11 bits per heavy atom. The minimum absolute atomic E-state index is 0.272. The zero-order valence-corrected chi connectivity index (χ0v) is 16.4. The fourth-order valence-electron chi connectivity index (χ4n) is 4.36. The fraction of sp³-hybridized carbons (Fsp3) is 0.375. The van der Waals surface area contributed by atoms with E-state index in [9.17, 15) is 4.79 Å². The smallest absolute Gasteiger partial charge is 0.343 e. The van der Waals surface area contributed by atoms with Gasteiger partial charge >= 0.3 is 5.63 Å². The Kier molecular flexibility index (Phi) is 5.77. The van der Waals surface area contributed by atoms with Crippen LogP contribution in [0.5, 0.6) is 5.75 Å². The van der Waals surface area contributed by atoms with Crippen molar-refractivity contribution in [3.63, 3.8) is 0 Å². The number of rotatable bonds is 7. The van der Waals surface area contributed by atoms with Gasteiger partial charge in [0, 0.05) is 0 Å². The van der Waals surface area contributed by atoms with Crippen LogP contribution in [0, 0.1) is 0 Å². The second-order valence-electron chi connectivity index (χ2n) is 7.54. The third kappa shape index (κ3) is 3.97. The van der Waals surface area contributed by atoms with Crippen molar-refractivity contribution < 1.29 is 9.15 Å². The van der Waals surface area contributed by atoms with Crippen LogP contribution in [-0.2, 0) is 12.8 Å². The number of benzene rings is 2. The Balaban J connectivity index is 1.30. The number of ether oxygens (including phenoxy) is 1. The first kappa shape index (κ1) is 18.8. The molecule has 1 heterocycles. The van der Waals surface area contributed by atoms with Crippen LogP contribution in [0.1, 0.15) is 41.9 Å². The molecule has 4 rings (SSSR count). The molecular formula is C24H27NO3. The molecule has 2 aromatic carbocycles. The van der Waals surface area contributed by atoms with Crippen molar-refractivity contribution in [3.05, 3.63) is 75.8 Å². The third-order valence-electron chi connectivity index (χ3n) is 5.83. The SMILES string of the molecule is COc1cccc2c1CCCC2CCNCCc1ccc2c(=O)occc2c1. The molecule has 0 amide bonds. The first-order valence-electron chi connectivity index (χ1n) is 10.1. The largest absolute Gasteiger partial charge is 0.496 e. The Labute approximate surface area is 165 Å². The average Bonchev–Trinajstić information content (AvgIpc) is 2.73. The van der Waals surface area contributed by atoms with Crippen LogP contribution in [0.25, 0.3) is 10.8 Å². The van der Waals surface area contributed by atoms with Gasteiger partial charge in [0.1, 0.15) is 5.75 Å². The minimum atomic E-state index is -0.272. The molecule has 0 saturated heterocycles. The van der Waals surface area contributed by atoms with Gasteiger partial charge in [-0.1, -0.05) is 24.3 Å². The van der Waals surface area contributed by atoms with Gasteiger partial charge in [-0.2, -0.15) is 0 Å². The molecule has 4 heteroatoms. The summed E-state index contributed by atoms with van der Waals surface area (Å²) in [5, 5.41) is 5.18. The van der Waals surface area contributed by atoms with Gasteiger partial charge in [-0.3, -0.25) is 0 Å². The highest BCUT2D eigenvalue weighted by molar-refractivity contribution is 5.81. The molecule has 0 fully saturated rings. The van der Waals surface area contributed by atoms with Crippen LogP contribution in [0.4, 0.5) is 0 Å². The summed E-state index contributed by atoms with van der Waals surface area (Å²) in [6.45, 7) is 1.95. The normalized spacial score (nSPS) is 16.1. The van der Waals surface area contributed by atoms with Gasteiger partial charge in [0.25, 0.3) is 0 Å².